The Labute approximate surface area is 117 Å². The molecular weight excluding hydrogens is 259 g/mol. The molecule has 0 saturated heterocycles. The second kappa shape index (κ2) is 5.96. The highest BCUT2D eigenvalue weighted by atomic mass is 19.1. The molecule has 0 N–H and O–H groups in total. The molecule has 0 radical (unpaired) electrons. The molecule has 0 heterocycles. The maximum atomic E-state index is 13.8. The minimum absolute atomic E-state index is 0.0728. The Bertz CT molecular complexity index is 563. The average molecular weight is 275 g/mol. The Morgan fingerprint density at radius 1 is 1.35 bits per heavy atom. The van der Waals surface area contributed by atoms with E-state index in [2.05, 4.69) is 11.8 Å². The summed E-state index contributed by atoms with van der Waals surface area (Å²) in [6, 6.07) is 3.41. The molecule has 0 aromatic heterocycles. The molecule has 106 valence electrons. The lowest BCUT2D eigenvalue weighted by Crippen LogP contribution is -2.37. The first-order chi connectivity index (χ1) is 9.56. The molecular formula is C16H16FO3-. The summed E-state index contributed by atoms with van der Waals surface area (Å²) in [6.45, 7) is 1.72. The van der Waals surface area contributed by atoms with Crippen molar-refractivity contribution >= 4 is 5.97 Å². The number of rotatable bonds is 3. The number of halogens is 1. The van der Waals surface area contributed by atoms with E-state index >= 15 is 0 Å². The van der Waals surface area contributed by atoms with Crippen LogP contribution in [0, 0.1) is 17.7 Å². The van der Waals surface area contributed by atoms with Crippen LogP contribution in [-0.2, 0) is 0 Å². The zero-order valence-electron chi connectivity index (χ0n) is 11.4. The van der Waals surface area contributed by atoms with Crippen LogP contribution in [0.4, 0.5) is 4.39 Å². The lowest BCUT2D eigenvalue weighted by molar-refractivity contribution is -0.255. The van der Waals surface area contributed by atoms with Gasteiger partial charge in [0.05, 0.1) is 5.97 Å². The van der Waals surface area contributed by atoms with Crippen molar-refractivity contribution < 1.29 is 19.0 Å². The number of carboxylic acids is 1. The Morgan fingerprint density at radius 2 is 2.05 bits per heavy atom. The van der Waals surface area contributed by atoms with Gasteiger partial charge in [-0.15, -0.1) is 5.92 Å². The number of aromatic carboxylic acids is 1. The lowest BCUT2D eigenvalue weighted by atomic mass is 9.85. The van der Waals surface area contributed by atoms with Crippen molar-refractivity contribution in [2.45, 2.75) is 44.6 Å². The Balaban J connectivity index is 2.32. The quantitative estimate of drug-likeness (QED) is 0.795. The van der Waals surface area contributed by atoms with Crippen LogP contribution in [0.3, 0.4) is 0 Å². The summed E-state index contributed by atoms with van der Waals surface area (Å²) in [5.41, 5.74) is -0.810. The van der Waals surface area contributed by atoms with Crippen molar-refractivity contribution in [3.8, 4) is 17.6 Å². The van der Waals surface area contributed by atoms with Crippen molar-refractivity contribution in [3.63, 3.8) is 0 Å². The fraction of sp³-hybridized carbons (Fsp3) is 0.438. The lowest BCUT2D eigenvalue weighted by Gasteiger charge is -2.33. The first kappa shape index (κ1) is 14.4. The van der Waals surface area contributed by atoms with Gasteiger partial charge in [0.15, 0.2) is 17.2 Å². The number of hydrogen-bond donors (Lipinski definition) is 0. The number of hydrogen-bond acceptors (Lipinski definition) is 3. The van der Waals surface area contributed by atoms with Crippen molar-refractivity contribution in [1.82, 2.24) is 0 Å². The highest BCUT2D eigenvalue weighted by Gasteiger charge is 2.33. The smallest absolute Gasteiger partial charge is 0.169 e. The second-order valence-electron chi connectivity index (χ2n) is 4.96. The van der Waals surface area contributed by atoms with Crippen molar-refractivity contribution in [2.75, 3.05) is 0 Å². The van der Waals surface area contributed by atoms with Crippen LogP contribution in [0.1, 0.15) is 49.4 Å². The predicted molar refractivity (Wildman–Crippen MR) is 70.6 cm³/mol. The van der Waals surface area contributed by atoms with Crippen LogP contribution in [0.25, 0.3) is 0 Å². The molecule has 1 aliphatic carbocycles. The zero-order chi connectivity index (χ0) is 14.6. The van der Waals surface area contributed by atoms with Crippen LogP contribution in [-0.4, -0.2) is 11.6 Å². The van der Waals surface area contributed by atoms with Gasteiger partial charge >= 0.3 is 0 Å². The number of carboxylic acid groups (broad SMARTS) is 1. The van der Waals surface area contributed by atoms with Crippen LogP contribution in [0.2, 0.25) is 0 Å². The molecule has 1 aliphatic rings. The number of ether oxygens (including phenoxy) is 1. The van der Waals surface area contributed by atoms with E-state index in [0.29, 0.717) is 0 Å². The molecule has 1 aromatic rings. The van der Waals surface area contributed by atoms with E-state index in [4.69, 9.17) is 4.74 Å². The van der Waals surface area contributed by atoms with E-state index in [9.17, 15) is 14.3 Å². The van der Waals surface area contributed by atoms with Crippen LogP contribution < -0.4 is 9.84 Å². The van der Waals surface area contributed by atoms with Gasteiger partial charge in [-0.05, 0) is 50.8 Å². The molecule has 3 nitrogen and oxygen atoms in total. The fourth-order valence-electron chi connectivity index (χ4n) is 2.52. The summed E-state index contributed by atoms with van der Waals surface area (Å²) in [5.74, 6) is 3.84. The molecule has 1 aromatic carbocycles. The van der Waals surface area contributed by atoms with Gasteiger partial charge in [-0.3, -0.25) is 0 Å². The largest absolute Gasteiger partial charge is 0.545 e. The van der Waals surface area contributed by atoms with E-state index in [-0.39, 0.29) is 11.3 Å². The average Bonchev–Trinajstić information content (AvgIpc) is 2.42. The third-order valence-corrected chi connectivity index (χ3v) is 3.49. The molecule has 1 saturated carbocycles. The first-order valence-corrected chi connectivity index (χ1v) is 6.70. The standard InChI is InChI=1S/C16H17FO3/c1-2-8-16(9-4-3-5-10-16)20-14-11-12(15(18)19)6-7-13(14)17/h6-7,11H,3-5,9-10H2,1H3,(H,18,19)/p-1. The van der Waals surface area contributed by atoms with E-state index in [1.165, 1.54) is 6.07 Å². The van der Waals surface area contributed by atoms with Gasteiger partial charge in [-0.25, -0.2) is 4.39 Å². The molecule has 0 aliphatic heterocycles. The van der Waals surface area contributed by atoms with E-state index in [1.54, 1.807) is 6.92 Å². The summed E-state index contributed by atoms with van der Waals surface area (Å²) in [6.07, 6.45) is 4.50. The normalized spacial score (nSPS) is 16.9. The number of benzene rings is 1. The highest BCUT2D eigenvalue weighted by Crippen LogP contribution is 2.34. The maximum absolute atomic E-state index is 13.8. The van der Waals surface area contributed by atoms with Gasteiger partial charge in [0.1, 0.15) is 0 Å². The molecule has 20 heavy (non-hydrogen) atoms. The summed E-state index contributed by atoms with van der Waals surface area (Å²) in [7, 11) is 0. The van der Waals surface area contributed by atoms with Crippen molar-refractivity contribution in [1.29, 1.82) is 0 Å². The summed E-state index contributed by atoms with van der Waals surface area (Å²) in [4.78, 5) is 10.8. The van der Waals surface area contributed by atoms with Gasteiger partial charge in [-0.2, -0.15) is 0 Å². The molecule has 4 heteroatoms. The molecule has 2 rings (SSSR count). The Morgan fingerprint density at radius 3 is 2.65 bits per heavy atom. The Kier molecular flexibility index (Phi) is 4.29. The molecule has 0 amide bonds. The van der Waals surface area contributed by atoms with Gasteiger partial charge in [0.25, 0.3) is 0 Å². The zero-order valence-corrected chi connectivity index (χ0v) is 11.4. The van der Waals surface area contributed by atoms with Crippen LogP contribution in [0.15, 0.2) is 18.2 Å². The van der Waals surface area contributed by atoms with E-state index in [0.717, 1.165) is 44.2 Å². The molecule has 0 atom stereocenters. The maximum Gasteiger partial charge on any atom is 0.169 e. The van der Waals surface area contributed by atoms with Gasteiger partial charge in [0.2, 0.25) is 0 Å². The third-order valence-electron chi connectivity index (χ3n) is 3.49. The second-order valence-corrected chi connectivity index (χ2v) is 4.96. The van der Waals surface area contributed by atoms with Crippen LogP contribution >= 0.6 is 0 Å². The monoisotopic (exact) mass is 275 g/mol. The van der Waals surface area contributed by atoms with E-state index in [1.807, 2.05) is 0 Å². The Hall–Kier alpha value is -2.02. The fourth-order valence-corrected chi connectivity index (χ4v) is 2.52. The van der Waals surface area contributed by atoms with Gasteiger partial charge < -0.3 is 14.6 Å². The number of carbonyl (C=O) groups is 1. The summed E-state index contributed by atoms with van der Waals surface area (Å²) >= 11 is 0. The van der Waals surface area contributed by atoms with Gasteiger partial charge in [0, 0.05) is 5.56 Å². The van der Waals surface area contributed by atoms with Crippen LogP contribution in [0.5, 0.6) is 5.75 Å². The predicted octanol–water partition coefficient (Wildman–Crippen LogP) is 2.29. The molecule has 0 bridgehead atoms. The third kappa shape index (κ3) is 3.11. The topological polar surface area (TPSA) is 49.4 Å². The summed E-state index contributed by atoms with van der Waals surface area (Å²) in [5, 5.41) is 10.8. The molecule has 0 unspecified atom stereocenters. The SMILES string of the molecule is CC#CC1(Oc2cc(C(=O)[O-])ccc2F)CCCCC1. The molecule has 0 spiro atoms. The van der Waals surface area contributed by atoms with Crippen molar-refractivity contribution in [3.05, 3.63) is 29.6 Å². The first-order valence-electron chi connectivity index (χ1n) is 6.70. The van der Waals surface area contributed by atoms with Crippen molar-refractivity contribution in [2.24, 2.45) is 0 Å². The highest BCUT2D eigenvalue weighted by molar-refractivity contribution is 5.86. The minimum Gasteiger partial charge on any atom is -0.545 e. The number of carbonyl (C=O) groups excluding carboxylic acids is 1. The minimum atomic E-state index is -1.35. The summed E-state index contributed by atoms with van der Waals surface area (Å²) < 4.78 is 19.6. The van der Waals surface area contributed by atoms with Gasteiger partial charge in [-0.1, -0.05) is 12.3 Å². The van der Waals surface area contributed by atoms with E-state index < -0.39 is 17.4 Å². The molecule has 1 fully saturated rings.